The Bertz CT molecular complexity index is 612. The van der Waals surface area contributed by atoms with Crippen LogP contribution in [0.3, 0.4) is 0 Å². The molecule has 1 atom stereocenters. The van der Waals surface area contributed by atoms with Crippen LogP contribution in [0.15, 0.2) is 42.6 Å². The Morgan fingerprint density at radius 1 is 1.32 bits per heavy atom. The van der Waals surface area contributed by atoms with E-state index in [1.807, 2.05) is 51.1 Å². The summed E-state index contributed by atoms with van der Waals surface area (Å²) in [7, 11) is 0. The lowest BCUT2D eigenvalue weighted by atomic mass is 9.88. The van der Waals surface area contributed by atoms with Gasteiger partial charge in [-0.2, -0.15) is 5.10 Å². The van der Waals surface area contributed by atoms with Crippen molar-refractivity contribution in [2.45, 2.75) is 26.3 Å². The summed E-state index contributed by atoms with van der Waals surface area (Å²) in [4.78, 5) is 12.3. The lowest BCUT2D eigenvalue weighted by Gasteiger charge is -2.33. The molecule has 0 bridgehead atoms. The monoisotopic (exact) mass is 322 g/mol. The molecule has 0 aliphatic rings. The molecule has 1 amide bonds. The number of benzene rings is 1. The predicted octanol–water partition coefficient (Wildman–Crippen LogP) is 2.40. The average molecular weight is 323 g/mol. The summed E-state index contributed by atoms with van der Waals surface area (Å²) in [5, 5.41) is 7.31. The van der Waals surface area contributed by atoms with Gasteiger partial charge in [0, 0.05) is 12.7 Å². The first kappa shape index (κ1) is 18.2. The molecule has 1 aromatic heterocycles. The van der Waals surface area contributed by atoms with Gasteiger partial charge >= 0.3 is 0 Å². The third-order valence-electron chi connectivity index (χ3n) is 3.94. The van der Waals surface area contributed by atoms with Crippen LogP contribution in [0, 0.1) is 5.92 Å². The van der Waals surface area contributed by atoms with Crippen molar-refractivity contribution < 1.29 is 4.79 Å². The number of aromatic nitrogens is 2. The summed E-state index contributed by atoms with van der Waals surface area (Å²) in [6, 6.07) is 11.4. The first-order valence-electron chi connectivity index (χ1n) is 7.10. The molecule has 6 heteroatoms. The Morgan fingerprint density at radius 3 is 2.50 bits per heavy atom. The molecule has 0 saturated heterocycles. The lowest BCUT2D eigenvalue weighted by Crippen LogP contribution is -2.55. The second kappa shape index (κ2) is 7.42. The molecule has 1 aromatic carbocycles. The topological polar surface area (TPSA) is 72.9 Å². The van der Waals surface area contributed by atoms with Crippen LogP contribution in [0.5, 0.6) is 0 Å². The van der Waals surface area contributed by atoms with Crippen molar-refractivity contribution in [1.29, 1.82) is 0 Å². The van der Waals surface area contributed by atoms with Gasteiger partial charge in [0.05, 0.1) is 11.2 Å². The number of hydrogen-bond acceptors (Lipinski definition) is 3. The van der Waals surface area contributed by atoms with E-state index in [9.17, 15) is 4.79 Å². The zero-order valence-electron chi connectivity index (χ0n) is 13.1. The molecule has 1 unspecified atom stereocenters. The van der Waals surface area contributed by atoms with Crippen LogP contribution >= 0.6 is 12.4 Å². The number of hydrogen-bond donors (Lipinski definition) is 2. The minimum atomic E-state index is -0.437. The van der Waals surface area contributed by atoms with Crippen LogP contribution in [0.2, 0.25) is 0 Å². The van der Waals surface area contributed by atoms with Crippen molar-refractivity contribution in [3.63, 3.8) is 0 Å². The van der Waals surface area contributed by atoms with Crippen molar-refractivity contribution in [1.82, 2.24) is 15.1 Å². The standard InChI is InChI=1S/C16H22N4O.ClH/c1-12(2)16(3,11-17)18-15(21)14-9-10-20(19-14)13-7-5-4-6-8-13;/h4-10,12H,11,17H2,1-3H3,(H,18,21);1H. The highest BCUT2D eigenvalue weighted by molar-refractivity contribution is 5.92. The van der Waals surface area contributed by atoms with Gasteiger partial charge in [-0.3, -0.25) is 4.79 Å². The van der Waals surface area contributed by atoms with Gasteiger partial charge in [0.15, 0.2) is 5.69 Å². The summed E-state index contributed by atoms with van der Waals surface area (Å²) in [5.41, 5.74) is 6.66. The number of halogens is 1. The molecule has 5 nitrogen and oxygen atoms in total. The summed E-state index contributed by atoms with van der Waals surface area (Å²) in [6.07, 6.45) is 1.78. The van der Waals surface area contributed by atoms with Gasteiger partial charge in [-0.1, -0.05) is 32.0 Å². The van der Waals surface area contributed by atoms with Gasteiger partial charge in [0.25, 0.3) is 5.91 Å². The molecule has 3 N–H and O–H groups in total. The van der Waals surface area contributed by atoms with Crippen molar-refractivity contribution in [3.05, 3.63) is 48.3 Å². The highest BCUT2D eigenvalue weighted by Gasteiger charge is 2.29. The van der Waals surface area contributed by atoms with Crippen LogP contribution in [0.1, 0.15) is 31.3 Å². The third-order valence-corrected chi connectivity index (χ3v) is 3.94. The average Bonchev–Trinajstić information content (AvgIpc) is 2.97. The van der Waals surface area contributed by atoms with Gasteiger partial charge in [0.1, 0.15) is 0 Å². The quantitative estimate of drug-likeness (QED) is 0.887. The van der Waals surface area contributed by atoms with E-state index in [2.05, 4.69) is 10.4 Å². The summed E-state index contributed by atoms with van der Waals surface area (Å²) < 4.78 is 1.68. The molecule has 2 aromatic rings. The summed E-state index contributed by atoms with van der Waals surface area (Å²) >= 11 is 0. The molecule has 0 aliphatic carbocycles. The van der Waals surface area contributed by atoms with Gasteiger partial charge in [0.2, 0.25) is 0 Å². The molecule has 0 aliphatic heterocycles. The number of amides is 1. The number of nitrogens with two attached hydrogens (primary N) is 1. The van der Waals surface area contributed by atoms with Gasteiger partial charge < -0.3 is 11.1 Å². The minimum absolute atomic E-state index is 0. The molecule has 0 fully saturated rings. The Kier molecular flexibility index (Phi) is 6.14. The van der Waals surface area contributed by atoms with Gasteiger partial charge in [-0.25, -0.2) is 4.68 Å². The lowest BCUT2D eigenvalue weighted by molar-refractivity contribution is 0.0877. The van der Waals surface area contributed by atoms with E-state index in [1.54, 1.807) is 16.9 Å². The number of nitrogens with one attached hydrogen (secondary N) is 1. The number of para-hydroxylation sites is 1. The number of carbonyl (C=O) groups is 1. The van der Waals surface area contributed by atoms with Crippen molar-refractivity contribution in [3.8, 4) is 5.69 Å². The fourth-order valence-electron chi connectivity index (χ4n) is 1.92. The highest BCUT2D eigenvalue weighted by atomic mass is 35.5. The molecular weight excluding hydrogens is 300 g/mol. The summed E-state index contributed by atoms with van der Waals surface area (Å²) in [5.74, 6) is 0.0361. The molecular formula is C16H23ClN4O. The van der Waals surface area contributed by atoms with E-state index in [0.717, 1.165) is 5.69 Å². The molecule has 120 valence electrons. The maximum atomic E-state index is 12.3. The van der Waals surface area contributed by atoms with E-state index in [1.165, 1.54) is 0 Å². The van der Waals surface area contributed by atoms with Gasteiger partial charge in [-0.15, -0.1) is 12.4 Å². The van der Waals surface area contributed by atoms with Crippen LogP contribution in [-0.2, 0) is 0 Å². The molecule has 2 rings (SSSR count). The molecule has 22 heavy (non-hydrogen) atoms. The molecule has 1 heterocycles. The second-order valence-corrected chi connectivity index (χ2v) is 5.71. The van der Waals surface area contributed by atoms with Crippen LogP contribution < -0.4 is 11.1 Å². The Balaban J connectivity index is 0.00000242. The van der Waals surface area contributed by atoms with Crippen LogP contribution in [0.25, 0.3) is 5.69 Å². The van der Waals surface area contributed by atoms with E-state index in [-0.39, 0.29) is 24.2 Å². The maximum Gasteiger partial charge on any atom is 0.272 e. The second-order valence-electron chi connectivity index (χ2n) is 5.71. The smallest absolute Gasteiger partial charge is 0.272 e. The minimum Gasteiger partial charge on any atom is -0.344 e. The largest absolute Gasteiger partial charge is 0.344 e. The number of nitrogens with zero attached hydrogens (tertiary/aromatic N) is 2. The highest BCUT2D eigenvalue weighted by Crippen LogP contribution is 2.16. The van der Waals surface area contributed by atoms with Crippen LogP contribution in [-0.4, -0.2) is 27.8 Å². The number of rotatable bonds is 5. The fourth-order valence-corrected chi connectivity index (χ4v) is 1.92. The van der Waals surface area contributed by atoms with E-state index >= 15 is 0 Å². The first-order valence-corrected chi connectivity index (χ1v) is 7.10. The van der Waals surface area contributed by atoms with Crippen molar-refractivity contribution >= 4 is 18.3 Å². The van der Waals surface area contributed by atoms with E-state index in [4.69, 9.17) is 5.73 Å². The first-order chi connectivity index (χ1) is 9.96. The number of carbonyl (C=O) groups excluding carboxylic acids is 1. The Labute approximate surface area is 137 Å². The normalized spacial score (nSPS) is 13.3. The SMILES string of the molecule is CC(C)C(C)(CN)NC(=O)c1ccn(-c2ccccc2)n1.Cl. The molecule has 0 radical (unpaired) electrons. The Morgan fingerprint density at radius 2 is 1.95 bits per heavy atom. The fraction of sp³-hybridized carbons (Fsp3) is 0.375. The molecule has 0 saturated carbocycles. The maximum absolute atomic E-state index is 12.3. The third kappa shape index (κ3) is 3.87. The van der Waals surface area contributed by atoms with E-state index in [0.29, 0.717) is 12.2 Å². The Hall–Kier alpha value is -1.85. The van der Waals surface area contributed by atoms with Crippen molar-refractivity contribution in [2.75, 3.05) is 6.54 Å². The van der Waals surface area contributed by atoms with Crippen LogP contribution in [0.4, 0.5) is 0 Å². The van der Waals surface area contributed by atoms with Gasteiger partial charge in [-0.05, 0) is 31.0 Å². The zero-order valence-corrected chi connectivity index (χ0v) is 13.9. The zero-order chi connectivity index (χ0) is 15.5. The van der Waals surface area contributed by atoms with Crippen molar-refractivity contribution in [2.24, 2.45) is 11.7 Å². The summed E-state index contributed by atoms with van der Waals surface area (Å²) in [6.45, 7) is 6.41. The predicted molar refractivity (Wildman–Crippen MR) is 90.6 cm³/mol. The van der Waals surface area contributed by atoms with E-state index < -0.39 is 5.54 Å². The molecule has 0 spiro atoms.